The lowest BCUT2D eigenvalue weighted by Crippen LogP contribution is -2.28. The summed E-state index contributed by atoms with van der Waals surface area (Å²) in [6, 6.07) is 7.65. The van der Waals surface area contributed by atoms with E-state index in [1.54, 1.807) is 0 Å². The summed E-state index contributed by atoms with van der Waals surface area (Å²) in [7, 11) is 0. The molecule has 3 N–H and O–H groups in total. The van der Waals surface area contributed by atoms with Crippen molar-refractivity contribution < 1.29 is 9.59 Å². The number of fused-ring (bicyclic) bond motifs is 1. The maximum absolute atomic E-state index is 12.0. The molecule has 0 saturated carbocycles. The van der Waals surface area contributed by atoms with Gasteiger partial charge in [0.2, 0.25) is 11.8 Å². The molecule has 1 aliphatic rings. The molecule has 0 atom stereocenters. The van der Waals surface area contributed by atoms with Gasteiger partial charge in [0.15, 0.2) is 0 Å². The van der Waals surface area contributed by atoms with Gasteiger partial charge in [-0.1, -0.05) is 12.1 Å². The van der Waals surface area contributed by atoms with Crippen molar-refractivity contribution in [2.75, 3.05) is 11.9 Å². The van der Waals surface area contributed by atoms with Crippen molar-refractivity contribution in [2.24, 2.45) is 0 Å². The molecule has 2 aromatic rings. The molecule has 0 unspecified atom stereocenters. The Morgan fingerprint density at radius 2 is 2.00 bits per heavy atom. The van der Waals surface area contributed by atoms with Crippen LogP contribution >= 0.6 is 0 Å². The third-order valence-electron chi connectivity index (χ3n) is 4.71. The number of aryl methyl sites for hydroxylation is 3. The first-order valence-corrected chi connectivity index (χ1v) is 9.30. The van der Waals surface area contributed by atoms with Crippen molar-refractivity contribution in [3.63, 3.8) is 0 Å². The number of hydrogen-bond donors (Lipinski definition) is 3. The predicted octanol–water partition coefficient (Wildman–Crippen LogP) is 2.67. The number of nitrogens with one attached hydrogen (secondary N) is 3. The van der Waals surface area contributed by atoms with Crippen LogP contribution in [-0.4, -0.2) is 28.6 Å². The number of hydrogen-bond acceptors (Lipinski definition) is 3. The van der Waals surface area contributed by atoms with Gasteiger partial charge in [0, 0.05) is 37.2 Å². The number of nitrogens with zero attached hydrogens (tertiary/aromatic N) is 1. The molecule has 0 bridgehead atoms. The van der Waals surface area contributed by atoms with Crippen LogP contribution in [0.5, 0.6) is 0 Å². The normalized spacial score (nSPS) is 13.1. The molecular weight excluding hydrogens is 328 g/mol. The zero-order valence-electron chi connectivity index (χ0n) is 15.2. The minimum atomic E-state index is -0.0997. The average Bonchev–Trinajstić information content (AvgIpc) is 3.03. The van der Waals surface area contributed by atoms with Gasteiger partial charge >= 0.3 is 0 Å². The lowest BCUT2D eigenvalue weighted by atomic mass is 9.94. The molecule has 1 heterocycles. The highest BCUT2D eigenvalue weighted by atomic mass is 16.2. The summed E-state index contributed by atoms with van der Waals surface area (Å²) in [4.78, 5) is 23.9. The van der Waals surface area contributed by atoms with Crippen molar-refractivity contribution >= 4 is 17.5 Å². The number of aromatic amines is 1. The van der Waals surface area contributed by atoms with E-state index in [-0.39, 0.29) is 18.2 Å². The van der Waals surface area contributed by atoms with Gasteiger partial charge in [-0.2, -0.15) is 5.10 Å². The largest absolute Gasteiger partial charge is 0.356 e. The number of rotatable bonds is 7. The molecule has 1 aliphatic carbocycles. The maximum Gasteiger partial charge on any atom is 0.226 e. The Kier molecular flexibility index (Phi) is 6.04. The van der Waals surface area contributed by atoms with E-state index in [4.69, 9.17) is 0 Å². The van der Waals surface area contributed by atoms with Crippen LogP contribution in [0.25, 0.3) is 0 Å². The molecule has 2 amide bonds. The van der Waals surface area contributed by atoms with Crippen LogP contribution in [0.1, 0.15) is 48.2 Å². The second-order valence-corrected chi connectivity index (χ2v) is 6.85. The number of benzene rings is 1. The summed E-state index contributed by atoms with van der Waals surface area (Å²) in [5.41, 5.74) is 5.44. The number of H-pyrrole nitrogens is 1. The van der Waals surface area contributed by atoms with Gasteiger partial charge in [-0.25, -0.2) is 0 Å². The van der Waals surface area contributed by atoms with E-state index in [0.29, 0.717) is 19.4 Å². The summed E-state index contributed by atoms with van der Waals surface area (Å²) >= 11 is 0. The van der Waals surface area contributed by atoms with Gasteiger partial charge < -0.3 is 10.6 Å². The molecule has 3 rings (SSSR count). The number of amides is 2. The van der Waals surface area contributed by atoms with Crippen molar-refractivity contribution in [3.05, 3.63) is 46.8 Å². The lowest BCUT2D eigenvalue weighted by molar-refractivity contribution is -0.121. The van der Waals surface area contributed by atoms with Gasteiger partial charge in [0.05, 0.1) is 5.69 Å². The molecule has 0 fully saturated rings. The Bertz CT molecular complexity index is 782. The zero-order valence-corrected chi connectivity index (χ0v) is 15.2. The Labute approximate surface area is 153 Å². The van der Waals surface area contributed by atoms with Crippen LogP contribution in [-0.2, 0) is 28.9 Å². The summed E-state index contributed by atoms with van der Waals surface area (Å²) < 4.78 is 0. The van der Waals surface area contributed by atoms with Crippen LogP contribution in [0.3, 0.4) is 0 Å². The highest BCUT2D eigenvalue weighted by Gasteiger charge is 2.17. The number of anilines is 1. The minimum absolute atomic E-state index is 0.0408. The predicted molar refractivity (Wildman–Crippen MR) is 101 cm³/mol. The van der Waals surface area contributed by atoms with Gasteiger partial charge in [0.1, 0.15) is 0 Å². The molecule has 6 nitrogen and oxygen atoms in total. The molecule has 1 aromatic heterocycles. The third kappa shape index (κ3) is 4.94. The number of carbonyl (C=O) groups is 2. The van der Waals surface area contributed by atoms with E-state index in [1.165, 1.54) is 24.1 Å². The molecule has 6 heteroatoms. The van der Waals surface area contributed by atoms with Crippen LogP contribution in [0.15, 0.2) is 24.3 Å². The topological polar surface area (TPSA) is 86.9 Å². The first-order valence-electron chi connectivity index (χ1n) is 9.30. The van der Waals surface area contributed by atoms with E-state index in [1.807, 2.05) is 31.2 Å². The first-order chi connectivity index (χ1) is 12.6. The fourth-order valence-electron chi connectivity index (χ4n) is 3.34. The quantitative estimate of drug-likeness (QED) is 0.714. The molecule has 0 saturated heterocycles. The molecular formula is C20H26N4O2. The van der Waals surface area contributed by atoms with E-state index >= 15 is 0 Å². The number of aromatic nitrogens is 2. The van der Waals surface area contributed by atoms with Gasteiger partial charge in [0.25, 0.3) is 0 Å². The molecule has 0 spiro atoms. The molecule has 0 aliphatic heterocycles. The van der Waals surface area contributed by atoms with Crippen LogP contribution in [0.2, 0.25) is 0 Å². The van der Waals surface area contributed by atoms with Crippen molar-refractivity contribution in [1.82, 2.24) is 15.5 Å². The van der Waals surface area contributed by atoms with E-state index in [2.05, 4.69) is 20.8 Å². The highest BCUT2D eigenvalue weighted by Crippen LogP contribution is 2.22. The molecule has 138 valence electrons. The summed E-state index contributed by atoms with van der Waals surface area (Å²) in [5, 5.41) is 13.1. The summed E-state index contributed by atoms with van der Waals surface area (Å²) in [5.74, 6) is -0.141. The third-order valence-corrected chi connectivity index (χ3v) is 4.71. The minimum Gasteiger partial charge on any atom is -0.356 e. The second-order valence-electron chi connectivity index (χ2n) is 6.85. The van der Waals surface area contributed by atoms with Crippen LogP contribution in [0.4, 0.5) is 5.69 Å². The Hall–Kier alpha value is -2.63. The van der Waals surface area contributed by atoms with Crippen molar-refractivity contribution in [3.8, 4) is 0 Å². The Balaban J connectivity index is 1.36. The fourth-order valence-corrected chi connectivity index (χ4v) is 3.34. The van der Waals surface area contributed by atoms with Crippen molar-refractivity contribution in [1.29, 1.82) is 0 Å². The molecule has 26 heavy (non-hydrogen) atoms. The van der Waals surface area contributed by atoms with Gasteiger partial charge in [-0.15, -0.1) is 0 Å². The molecule has 1 aromatic carbocycles. The fraction of sp³-hybridized carbons (Fsp3) is 0.450. The number of carbonyl (C=O) groups excluding carboxylic acids is 2. The van der Waals surface area contributed by atoms with Crippen molar-refractivity contribution in [2.45, 2.75) is 51.9 Å². The van der Waals surface area contributed by atoms with E-state index in [9.17, 15) is 9.59 Å². The van der Waals surface area contributed by atoms with Gasteiger partial charge in [-0.05, 0) is 55.9 Å². The van der Waals surface area contributed by atoms with E-state index < -0.39 is 0 Å². The molecule has 0 radical (unpaired) electrons. The monoisotopic (exact) mass is 354 g/mol. The standard InChI is InChI=1S/C20H26N4O2/c1-14-5-4-6-15(13-14)22-20(26)11-12-21-19(25)10-9-18-16-7-2-3-8-17(16)23-24-18/h4-6,13H,2-3,7-12H2,1H3,(H,21,25)(H,22,26)(H,23,24). The summed E-state index contributed by atoms with van der Waals surface area (Å²) in [6.07, 6.45) is 5.83. The Morgan fingerprint density at radius 3 is 2.85 bits per heavy atom. The smallest absolute Gasteiger partial charge is 0.226 e. The maximum atomic E-state index is 12.0. The first kappa shape index (κ1) is 18.2. The SMILES string of the molecule is Cc1cccc(NC(=O)CCNC(=O)CCc2n[nH]c3c2CCCC3)c1. The summed E-state index contributed by atoms with van der Waals surface area (Å²) in [6.45, 7) is 2.32. The average molecular weight is 354 g/mol. The lowest BCUT2D eigenvalue weighted by Gasteiger charge is -2.11. The van der Waals surface area contributed by atoms with Gasteiger partial charge in [-0.3, -0.25) is 14.7 Å². The van der Waals surface area contributed by atoms with Crippen LogP contribution < -0.4 is 10.6 Å². The van der Waals surface area contributed by atoms with Crippen LogP contribution in [0, 0.1) is 6.92 Å². The Morgan fingerprint density at radius 1 is 1.15 bits per heavy atom. The van der Waals surface area contributed by atoms with E-state index in [0.717, 1.165) is 29.8 Å². The zero-order chi connectivity index (χ0) is 18.4. The highest BCUT2D eigenvalue weighted by molar-refractivity contribution is 5.91. The second kappa shape index (κ2) is 8.65.